The molecule has 0 bridgehead atoms. The lowest BCUT2D eigenvalue weighted by molar-refractivity contribution is -0.132. The van der Waals surface area contributed by atoms with Gasteiger partial charge in [0.1, 0.15) is 5.76 Å². The van der Waals surface area contributed by atoms with Crippen molar-refractivity contribution in [1.82, 2.24) is 15.0 Å². The zero-order valence-corrected chi connectivity index (χ0v) is 21.6. The number of anilines is 1. The lowest BCUT2D eigenvalue weighted by Gasteiger charge is -2.31. The van der Waals surface area contributed by atoms with Crippen LogP contribution in [0.2, 0.25) is 0 Å². The summed E-state index contributed by atoms with van der Waals surface area (Å²) in [6, 6.07) is 12.7. The molecule has 1 atom stereocenters. The van der Waals surface area contributed by atoms with Gasteiger partial charge >= 0.3 is 0 Å². The van der Waals surface area contributed by atoms with E-state index in [1.165, 1.54) is 9.80 Å². The Morgan fingerprint density at radius 2 is 1.62 bits per heavy atom. The Hall–Kier alpha value is -4.27. The Morgan fingerprint density at radius 3 is 2.14 bits per heavy atom. The average molecular weight is 503 g/mol. The Labute approximate surface area is 215 Å². The van der Waals surface area contributed by atoms with Crippen molar-refractivity contribution in [2.24, 2.45) is 5.92 Å². The molecule has 192 valence electrons. The molecule has 0 saturated carbocycles. The molecule has 9 nitrogen and oxygen atoms in total. The number of carbonyl (C=O) groups is 3. The maximum absolute atomic E-state index is 13.3. The van der Waals surface area contributed by atoms with Crippen LogP contribution in [0.25, 0.3) is 17.1 Å². The van der Waals surface area contributed by atoms with E-state index in [0.717, 1.165) is 0 Å². The number of ketones is 1. The Balaban J connectivity index is 1.76. The van der Waals surface area contributed by atoms with Gasteiger partial charge in [0.2, 0.25) is 11.7 Å². The molecule has 0 spiro atoms. The molecule has 4 rings (SSSR count). The van der Waals surface area contributed by atoms with Gasteiger partial charge < -0.3 is 14.5 Å². The summed E-state index contributed by atoms with van der Waals surface area (Å²) in [6.45, 7) is 5.70. The van der Waals surface area contributed by atoms with Gasteiger partial charge in [-0.05, 0) is 42.3 Å². The summed E-state index contributed by atoms with van der Waals surface area (Å²) in [5, 5.41) is 15.2. The normalized spacial score (nSPS) is 17.0. The van der Waals surface area contributed by atoms with Gasteiger partial charge in [-0.1, -0.05) is 44.0 Å². The van der Waals surface area contributed by atoms with Crippen LogP contribution in [0.1, 0.15) is 48.5 Å². The fourth-order valence-corrected chi connectivity index (χ4v) is 4.69. The maximum atomic E-state index is 13.3. The summed E-state index contributed by atoms with van der Waals surface area (Å²) in [7, 11) is 3.31. The van der Waals surface area contributed by atoms with E-state index >= 15 is 0 Å². The van der Waals surface area contributed by atoms with Gasteiger partial charge in [-0.2, -0.15) is 4.98 Å². The van der Waals surface area contributed by atoms with E-state index in [1.54, 1.807) is 69.6 Å². The number of aromatic nitrogens is 2. The van der Waals surface area contributed by atoms with Crippen LogP contribution < -0.4 is 4.90 Å². The first kappa shape index (κ1) is 25.8. The third kappa shape index (κ3) is 4.76. The van der Waals surface area contributed by atoms with Crippen LogP contribution >= 0.6 is 0 Å². The first-order valence-electron chi connectivity index (χ1n) is 12.2. The van der Waals surface area contributed by atoms with E-state index in [9.17, 15) is 19.5 Å². The number of aliphatic hydroxyl groups is 1. The van der Waals surface area contributed by atoms with Crippen LogP contribution in [0.4, 0.5) is 5.69 Å². The number of nitrogens with zero attached hydrogens (tertiary/aromatic N) is 4. The number of benzene rings is 2. The Morgan fingerprint density at radius 1 is 1.03 bits per heavy atom. The molecule has 3 aromatic rings. The van der Waals surface area contributed by atoms with Crippen LogP contribution in [0.15, 0.2) is 58.6 Å². The molecule has 1 aliphatic rings. The third-order valence-corrected chi connectivity index (χ3v) is 6.72. The van der Waals surface area contributed by atoms with Crippen molar-refractivity contribution in [3.05, 3.63) is 71.1 Å². The van der Waals surface area contributed by atoms with Gasteiger partial charge in [0.15, 0.2) is 0 Å². The van der Waals surface area contributed by atoms with Gasteiger partial charge in [-0.15, -0.1) is 0 Å². The molecule has 0 aliphatic carbocycles. The van der Waals surface area contributed by atoms with Crippen LogP contribution in [0, 0.1) is 12.8 Å². The molecule has 9 heteroatoms. The number of amides is 2. The minimum atomic E-state index is -0.735. The summed E-state index contributed by atoms with van der Waals surface area (Å²) in [4.78, 5) is 46.0. The Bertz CT molecular complexity index is 1350. The van der Waals surface area contributed by atoms with E-state index in [2.05, 4.69) is 10.1 Å². The minimum Gasteiger partial charge on any atom is -0.507 e. The topological polar surface area (TPSA) is 117 Å². The van der Waals surface area contributed by atoms with E-state index < -0.39 is 17.7 Å². The van der Waals surface area contributed by atoms with Crippen molar-refractivity contribution in [3.63, 3.8) is 0 Å². The highest BCUT2D eigenvalue weighted by molar-refractivity contribution is 6.51. The second-order valence-electron chi connectivity index (χ2n) is 9.25. The number of Topliss-reactive ketones (excluding diaryl/α,β-unsaturated/α-hetero) is 1. The molecule has 37 heavy (non-hydrogen) atoms. The first-order chi connectivity index (χ1) is 17.7. The lowest BCUT2D eigenvalue weighted by Crippen LogP contribution is -2.39. The van der Waals surface area contributed by atoms with Gasteiger partial charge in [0.25, 0.3) is 17.6 Å². The van der Waals surface area contributed by atoms with Crippen molar-refractivity contribution in [2.45, 2.75) is 39.7 Å². The van der Waals surface area contributed by atoms with Crippen molar-refractivity contribution >= 4 is 29.0 Å². The van der Waals surface area contributed by atoms with Crippen LogP contribution in [0.3, 0.4) is 0 Å². The standard InChI is InChI=1S/C28H30N4O5/c1-6-17(7-2)23-22(24(33)18-8-10-20(11-9-18)27(35)31(4)5)25(34)28(36)32(23)21-14-12-19(13-15-21)26-29-16(3)37-30-26/h8-15,17,23,33H,6-7H2,1-5H3. The van der Waals surface area contributed by atoms with Crippen LogP contribution in [-0.4, -0.2) is 57.9 Å². The highest BCUT2D eigenvalue weighted by Crippen LogP contribution is 2.39. The molecule has 1 aliphatic heterocycles. The fourth-order valence-electron chi connectivity index (χ4n) is 4.69. The smallest absolute Gasteiger partial charge is 0.299 e. The van der Waals surface area contributed by atoms with Crippen LogP contribution in [-0.2, 0) is 9.59 Å². The van der Waals surface area contributed by atoms with Crippen molar-refractivity contribution < 1.29 is 24.0 Å². The molecule has 1 aromatic heterocycles. The summed E-state index contributed by atoms with van der Waals surface area (Å²) in [5.41, 5.74) is 2.14. The van der Waals surface area contributed by atoms with Gasteiger partial charge in [-0.25, -0.2) is 0 Å². The lowest BCUT2D eigenvalue weighted by atomic mass is 9.87. The molecule has 2 amide bonds. The second-order valence-corrected chi connectivity index (χ2v) is 9.25. The first-order valence-corrected chi connectivity index (χ1v) is 12.2. The van der Waals surface area contributed by atoms with Crippen molar-refractivity contribution in [3.8, 4) is 11.4 Å². The van der Waals surface area contributed by atoms with Gasteiger partial charge in [0, 0.05) is 43.4 Å². The van der Waals surface area contributed by atoms with E-state index in [1.807, 2.05) is 13.8 Å². The van der Waals surface area contributed by atoms with Gasteiger partial charge in [-0.3, -0.25) is 19.3 Å². The zero-order chi connectivity index (χ0) is 26.9. The van der Waals surface area contributed by atoms with E-state index in [4.69, 9.17) is 4.52 Å². The maximum Gasteiger partial charge on any atom is 0.299 e. The molecule has 1 N–H and O–H groups in total. The van der Waals surface area contributed by atoms with Crippen LogP contribution in [0.5, 0.6) is 0 Å². The summed E-state index contributed by atoms with van der Waals surface area (Å²) in [6.07, 6.45) is 1.40. The third-order valence-electron chi connectivity index (χ3n) is 6.72. The van der Waals surface area contributed by atoms with E-state index in [-0.39, 0.29) is 23.2 Å². The summed E-state index contributed by atoms with van der Waals surface area (Å²) < 4.78 is 5.05. The van der Waals surface area contributed by atoms with Gasteiger partial charge in [0.05, 0.1) is 11.6 Å². The summed E-state index contributed by atoms with van der Waals surface area (Å²) >= 11 is 0. The molecule has 1 saturated heterocycles. The zero-order valence-electron chi connectivity index (χ0n) is 21.6. The predicted molar refractivity (Wildman–Crippen MR) is 139 cm³/mol. The number of rotatable bonds is 7. The second kappa shape index (κ2) is 10.4. The van der Waals surface area contributed by atoms with Crippen molar-refractivity contribution in [1.29, 1.82) is 0 Å². The number of hydrogen-bond acceptors (Lipinski definition) is 7. The molecule has 1 fully saturated rings. The highest BCUT2D eigenvalue weighted by Gasteiger charge is 2.48. The molecule has 1 unspecified atom stereocenters. The number of aliphatic hydroxyl groups excluding tert-OH is 1. The minimum absolute atomic E-state index is 0.0679. The summed E-state index contributed by atoms with van der Waals surface area (Å²) in [5.74, 6) is -1.05. The molecular weight excluding hydrogens is 472 g/mol. The quantitative estimate of drug-likeness (QED) is 0.288. The SMILES string of the molecule is CCC(CC)C1C(=C(O)c2ccc(C(=O)N(C)C)cc2)C(=O)C(=O)N1c1ccc(-c2noc(C)n2)cc1. The highest BCUT2D eigenvalue weighted by atomic mass is 16.5. The number of hydrogen-bond donors (Lipinski definition) is 1. The molecule has 0 radical (unpaired) electrons. The van der Waals surface area contributed by atoms with E-state index in [0.29, 0.717) is 46.9 Å². The molecule has 2 heterocycles. The largest absolute Gasteiger partial charge is 0.507 e. The molecule has 2 aromatic carbocycles. The fraction of sp³-hybridized carbons (Fsp3) is 0.321. The Kier molecular flexibility index (Phi) is 7.24. The predicted octanol–water partition coefficient (Wildman–Crippen LogP) is 4.44. The molecular formula is C28H30N4O5. The number of carbonyl (C=O) groups excluding carboxylic acids is 3. The monoisotopic (exact) mass is 502 g/mol. The van der Waals surface area contributed by atoms with Crippen molar-refractivity contribution in [2.75, 3.05) is 19.0 Å². The number of aryl methyl sites for hydroxylation is 1. The average Bonchev–Trinajstić information content (AvgIpc) is 3.45.